The molecule has 2 heterocycles. The van der Waals surface area contributed by atoms with Gasteiger partial charge in [-0.3, -0.25) is 4.90 Å². The van der Waals surface area contributed by atoms with Crippen LogP contribution >= 0.6 is 0 Å². The van der Waals surface area contributed by atoms with Gasteiger partial charge in [0.2, 0.25) is 0 Å². The maximum absolute atomic E-state index is 5.98. The summed E-state index contributed by atoms with van der Waals surface area (Å²) in [5.74, 6) is 1.88. The van der Waals surface area contributed by atoms with Crippen LogP contribution in [-0.2, 0) is 11.2 Å². The van der Waals surface area contributed by atoms with Crippen molar-refractivity contribution in [1.82, 2.24) is 15.5 Å². The van der Waals surface area contributed by atoms with Gasteiger partial charge in [-0.15, -0.1) is 0 Å². The number of morpholine rings is 1. The molecule has 0 amide bonds. The lowest BCUT2D eigenvalue weighted by molar-refractivity contribution is -0.0679. The molecule has 1 aromatic rings. The molecule has 150 valence electrons. The molecule has 27 heavy (non-hydrogen) atoms. The third-order valence-electron chi connectivity index (χ3n) is 4.95. The fraction of sp³-hybridized carbons (Fsp3) is 0.667. The normalized spacial score (nSPS) is 25.7. The number of benzene rings is 1. The molecule has 2 N–H and O–H groups in total. The fourth-order valence-electron chi connectivity index (χ4n) is 3.87. The van der Waals surface area contributed by atoms with Crippen LogP contribution in [0.15, 0.2) is 29.3 Å². The van der Waals surface area contributed by atoms with Gasteiger partial charge in [0.05, 0.1) is 18.8 Å². The van der Waals surface area contributed by atoms with E-state index in [1.165, 1.54) is 5.56 Å². The molecule has 3 atom stereocenters. The summed E-state index contributed by atoms with van der Waals surface area (Å²) in [4.78, 5) is 7.22. The summed E-state index contributed by atoms with van der Waals surface area (Å²) in [7, 11) is 0. The fourth-order valence-corrected chi connectivity index (χ4v) is 3.87. The van der Waals surface area contributed by atoms with Gasteiger partial charge in [-0.1, -0.05) is 18.2 Å². The predicted molar refractivity (Wildman–Crippen MR) is 110 cm³/mol. The first-order valence-electron chi connectivity index (χ1n) is 10.3. The molecule has 2 aliphatic rings. The molecule has 6 nitrogen and oxygen atoms in total. The van der Waals surface area contributed by atoms with E-state index in [2.05, 4.69) is 48.4 Å². The first-order chi connectivity index (χ1) is 13.1. The van der Waals surface area contributed by atoms with Crippen molar-refractivity contribution in [3.05, 3.63) is 29.8 Å². The second-order valence-corrected chi connectivity index (χ2v) is 7.57. The lowest BCUT2D eigenvalue weighted by Gasteiger charge is -2.35. The number of guanidine groups is 1. The van der Waals surface area contributed by atoms with Gasteiger partial charge in [0.25, 0.3) is 0 Å². The lowest BCUT2D eigenvalue weighted by atomic mass is 10.1. The number of hydrogen-bond acceptors (Lipinski definition) is 4. The van der Waals surface area contributed by atoms with Gasteiger partial charge in [0.15, 0.2) is 5.96 Å². The van der Waals surface area contributed by atoms with E-state index in [0.29, 0.717) is 18.8 Å². The van der Waals surface area contributed by atoms with E-state index in [4.69, 9.17) is 14.5 Å². The van der Waals surface area contributed by atoms with E-state index in [-0.39, 0.29) is 6.10 Å². The average Bonchev–Trinajstić information content (AvgIpc) is 3.05. The molecule has 1 saturated heterocycles. The van der Waals surface area contributed by atoms with Crippen LogP contribution < -0.4 is 15.4 Å². The van der Waals surface area contributed by atoms with E-state index in [9.17, 15) is 0 Å². The van der Waals surface area contributed by atoms with E-state index in [1.54, 1.807) is 0 Å². The largest absolute Gasteiger partial charge is 0.488 e. The number of ether oxygens (including phenoxy) is 2. The van der Waals surface area contributed by atoms with Crippen molar-refractivity contribution in [1.29, 1.82) is 0 Å². The molecule has 6 heteroatoms. The summed E-state index contributed by atoms with van der Waals surface area (Å²) in [5, 5.41) is 6.78. The molecule has 3 rings (SSSR count). The average molecular weight is 375 g/mol. The first-order valence-corrected chi connectivity index (χ1v) is 10.3. The van der Waals surface area contributed by atoms with E-state index >= 15 is 0 Å². The van der Waals surface area contributed by atoms with Crippen molar-refractivity contribution in [3.63, 3.8) is 0 Å². The smallest absolute Gasteiger partial charge is 0.191 e. The van der Waals surface area contributed by atoms with Gasteiger partial charge >= 0.3 is 0 Å². The Hall–Kier alpha value is -1.79. The minimum Gasteiger partial charge on any atom is -0.488 e. The van der Waals surface area contributed by atoms with Crippen LogP contribution in [0.1, 0.15) is 32.8 Å². The molecule has 2 aliphatic heterocycles. The first kappa shape index (κ1) is 20.0. The van der Waals surface area contributed by atoms with Crippen molar-refractivity contribution in [2.24, 2.45) is 4.99 Å². The Labute approximate surface area is 163 Å². The van der Waals surface area contributed by atoms with Crippen LogP contribution in [0.5, 0.6) is 5.75 Å². The van der Waals surface area contributed by atoms with Gasteiger partial charge in [-0.25, -0.2) is 4.99 Å². The zero-order valence-electron chi connectivity index (χ0n) is 16.9. The highest BCUT2D eigenvalue weighted by atomic mass is 16.5. The van der Waals surface area contributed by atoms with Crippen LogP contribution in [0, 0.1) is 0 Å². The van der Waals surface area contributed by atoms with Crippen LogP contribution in [-0.4, -0.2) is 68.4 Å². The molecule has 0 saturated carbocycles. The van der Waals surface area contributed by atoms with Crippen LogP contribution in [0.3, 0.4) is 0 Å². The predicted octanol–water partition coefficient (Wildman–Crippen LogP) is 2.04. The van der Waals surface area contributed by atoms with Crippen molar-refractivity contribution >= 4 is 5.96 Å². The highest BCUT2D eigenvalue weighted by Gasteiger charge is 2.22. The SMILES string of the molecule is CCNC(=NCC1Cc2ccccc2O1)NCCCN1CC(C)OC(C)C1. The van der Waals surface area contributed by atoms with Gasteiger partial charge in [0, 0.05) is 39.1 Å². The maximum Gasteiger partial charge on any atom is 0.191 e. The minimum absolute atomic E-state index is 0.134. The van der Waals surface area contributed by atoms with Crippen LogP contribution in [0.25, 0.3) is 0 Å². The van der Waals surface area contributed by atoms with Crippen molar-refractivity contribution < 1.29 is 9.47 Å². The Morgan fingerprint density at radius 2 is 1.96 bits per heavy atom. The number of rotatable bonds is 7. The molecule has 0 spiro atoms. The highest BCUT2D eigenvalue weighted by molar-refractivity contribution is 5.79. The van der Waals surface area contributed by atoms with E-state index in [1.807, 2.05) is 12.1 Å². The zero-order chi connectivity index (χ0) is 19.1. The van der Waals surface area contributed by atoms with E-state index < -0.39 is 0 Å². The van der Waals surface area contributed by atoms with Crippen molar-refractivity contribution in [2.75, 3.05) is 39.3 Å². The van der Waals surface area contributed by atoms with Crippen molar-refractivity contribution in [3.8, 4) is 5.75 Å². The lowest BCUT2D eigenvalue weighted by Crippen LogP contribution is -2.46. The minimum atomic E-state index is 0.134. The Morgan fingerprint density at radius 1 is 1.19 bits per heavy atom. The summed E-state index contributed by atoms with van der Waals surface area (Å²) in [5.41, 5.74) is 1.28. The zero-order valence-corrected chi connectivity index (χ0v) is 16.9. The van der Waals surface area contributed by atoms with Gasteiger partial charge in [0.1, 0.15) is 11.9 Å². The topological polar surface area (TPSA) is 58.1 Å². The third-order valence-corrected chi connectivity index (χ3v) is 4.95. The summed E-state index contributed by atoms with van der Waals surface area (Å²) in [6.45, 7) is 12.0. The Kier molecular flexibility index (Phi) is 7.35. The molecule has 0 aliphatic carbocycles. The number of nitrogens with one attached hydrogen (secondary N) is 2. The molecule has 0 aromatic heterocycles. The highest BCUT2D eigenvalue weighted by Crippen LogP contribution is 2.28. The number of para-hydroxylation sites is 1. The molecule has 3 unspecified atom stereocenters. The number of nitrogens with zero attached hydrogens (tertiary/aromatic N) is 2. The number of hydrogen-bond donors (Lipinski definition) is 2. The molecule has 0 bridgehead atoms. The summed E-state index contributed by atoms with van der Waals surface area (Å²) < 4.78 is 11.8. The monoisotopic (exact) mass is 374 g/mol. The van der Waals surface area contributed by atoms with Gasteiger partial charge in [-0.05, 0) is 38.8 Å². The Bertz CT molecular complexity index is 587. The summed E-state index contributed by atoms with van der Waals surface area (Å²) >= 11 is 0. The molecular formula is C21H34N4O2. The Balaban J connectivity index is 1.39. The second kappa shape index (κ2) is 9.95. The summed E-state index contributed by atoms with van der Waals surface area (Å²) in [6, 6.07) is 8.26. The molecule has 0 radical (unpaired) electrons. The standard InChI is InChI=1S/C21H34N4O2/c1-4-22-21(23-10-7-11-25-14-16(2)26-17(3)15-25)24-13-19-12-18-8-5-6-9-20(18)27-19/h5-6,8-9,16-17,19H,4,7,10-15H2,1-3H3,(H2,22,23,24). The van der Waals surface area contributed by atoms with Gasteiger partial charge in [-0.2, -0.15) is 0 Å². The van der Waals surface area contributed by atoms with Crippen molar-refractivity contribution in [2.45, 2.75) is 51.9 Å². The third kappa shape index (κ3) is 6.11. The molecular weight excluding hydrogens is 340 g/mol. The Morgan fingerprint density at radius 3 is 2.70 bits per heavy atom. The molecule has 1 aromatic carbocycles. The molecule has 1 fully saturated rings. The second-order valence-electron chi connectivity index (χ2n) is 7.57. The quantitative estimate of drug-likeness (QED) is 0.435. The van der Waals surface area contributed by atoms with Crippen LogP contribution in [0.2, 0.25) is 0 Å². The summed E-state index contributed by atoms with van der Waals surface area (Å²) in [6.07, 6.45) is 2.82. The van der Waals surface area contributed by atoms with E-state index in [0.717, 1.165) is 57.3 Å². The number of fused-ring (bicyclic) bond motifs is 1. The maximum atomic E-state index is 5.98. The number of aliphatic imine (C=N–C) groups is 1. The van der Waals surface area contributed by atoms with Gasteiger partial charge < -0.3 is 20.1 Å². The van der Waals surface area contributed by atoms with Crippen LogP contribution in [0.4, 0.5) is 0 Å².